The van der Waals surface area contributed by atoms with Gasteiger partial charge in [-0.15, -0.1) is 10.6 Å². The molecule has 0 aliphatic heterocycles. The minimum absolute atomic E-state index is 0.337. The van der Waals surface area contributed by atoms with Gasteiger partial charge in [0.2, 0.25) is 0 Å². The maximum atomic E-state index is 10.0. The van der Waals surface area contributed by atoms with Crippen molar-refractivity contribution in [3.8, 4) is 0 Å². The summed E-state index contributed by atoms with van der Waals surface area (Å²) in [5, 5.41) is 11.1. The highest BCUT2D eigenvalue weighted by Crippen LogP contribution is 2.04. The predicted molar refractivity (Wildman–Crippen MR) is 67.7 cm³/mol. The molecule has 0 rings (SSSR count). The van der Waals surface area contributed by atoms with Crippen molar-refractivity contribution in [2.75, 3.05) is 0 Å². The van der Waals surface area contributed by atoms with Gasteiger partial charge in [0.15, 0.2) is 15.2 Å². The molecule has 0 aliphatic carbocycles. The molecule has 0 spiro atoms. The van der Waals surface area contributed by atoms with Gasteiger partial charge in [-0.2, -0.15) is 0 Å². The van der Waals surface area contributed by atoms with Crippen LogP contribution in [0.4, 0.5) is 0 Å². The van der Waals surface area contributed by atoms with Crippen molar-refractivity contribution in [2.45, 2.75) is 69.9 Å². The van der Waals surface area contributed by atoms with Gasteiger partial charge in [-0.25, -0.2) is 0 Å². The van der Waals surface area contributed by atoms with Gasteiger partial charge >= 0.3 is 5.97 Å². The van der Waals surface area contributed by atoms with E-state index in [0.29, 0.717) is 6.42 Å². The molecule has 15 heavy (non-hydrogen) atoms. The van der Waals surface area contributed by atoms with Crippen LogP contribution in [0.15, 0.2) is 0 Å². The highest BCUT2D eigenvalue weighted by atomic mass is 27.1. The molecule has 0 aromatic rings. The molecule has 3 heteroatoms. The van der Waals surface area contributed by atoms with Gasteiger partial charge in [0, 0.05) is 6.42 Å². The van der Waals surface area contributed by atoms with Crippen LogP contribution in [0, 0.1) is 0 Å². The van der Waals surface area contributed by atoms with Gasteiger partial charge in [0.1, 0.15) is 0 Å². The SMILES string of the molecule is CCCCCCCC(=O)O.C[CH2][Al][CH2]C. The van der Waals surface area contributed by atoms with Crippen molar-refractivity contribution in [3.63, 3.8) is 0 Å². The number of rotatable bonds is 8. The number of carbonyl (C=O) groups is 1. The Kier molecular flexibility index (Phi) is 19.1. The molecule has 2 nitrogen and oxygen atoms in total. The summed E-state index contributed by atoms with van der Waals surface area (Å²) in [5.41, 5.74) is 0. The van der Waals surface area contributed by atoms with Gasteiger partial charge in [-0.05, 0) is 6.42 Å². The summed E-state index contributed by atoms with van der Waals surface area (Å²) in [4.78, 5) is 10.0. The van der Waals surface area contributed by atoms with Crippen LogP contribution in [0.1, 0.15) is 59.3 Å². The van der Waals surface area contributed by atoms with Crippen LogP contribution in [0.25, 0.3) is 0 Å². The second-order valence-corrected chi connectivity index (χ2v) is 5.87. The van der Waals surface area contributed by atoms with E-state index in [0.717, 1.165) is 28.1 Å². The van der Waals surface area contributed by atoms with Crippen LogP contribution >= 0.6 is 0 Å². The van der Waals surface area contributed by atoms with E-state index >= 15 is 0 Å². The minimum atomic E-state index is -0.670. The molecular weight excluding hydrogens is 203 g/mol. The van der Waals surface area contributed by atoms with Gasteiger partial charge < -0.3 is 5.11 Å². The summed E-state index contributed by atoms with van der Waals surface area (Å²) < 4.78 is 0. The third-order valence-electron chi connectivity index (χ3n) is 2.07. The summed E-state index contributed by atoms with van der Waals surface area (Å²) >= 11 is 0.815. The van der Waals surface area contributed by atoms with E-state index in [-0.39, 0.29) is 0 Å². The molecule has 0 aromatic carbocycles. The lowest BCUT2D eigenvalue weighted by Gasteiger charge is -1.95. The Hall–Kier alpha value is 0.00247. The molecule has 0 amide bonds. The Morgan fingerprint density at radius 3 is 1.87 bits per heavy atom. The Bertz CT molecular complexity index is 125. The molecule has 0 bridgehead atoms. The van der Waals surface area contributed by atoms with Gasteiger partial charge in [-0.3, -0.25) is 4.79 Å². The summed E-state index contributed by atoms with van der Waals surface area (Å²) in [5.74, 6) is -0.670. The summed E-state index contributed by atoms with van der Waals surface area (Å²) in [6, 6.07) is 0. The summed E-state index contributed by atoms with van der Waals surface area (Å²) in [7, 11) is 0. The lowest BCUT2D eigenvalue weighted by Crippen LogP contribution is -1.93. The molecule has 0 fully saturated rings. The smallest absolute Gasteiger partial charge is 0.303 e. The van der Waals surface area contributed by atoms with E-state index < -0.39 is 5.97 Å². The Labute approximate surface area is 101 Å². The molecule has 0 atom stereocenters. The van der Waals surface area contributed by atoms with Crippen LogP contribution in [-0.4, -0.2) is 26.3 Å². The van der Waals surface area contributed by atoms with Crippen molar-refractivity contribution < 1.29 is 9.90 Å². The average molecular weight is 229 g/mol. The van der Waals surface area contributed by atoms with E-state index in [9.17, 15) is 4.79 Å². The summed E-state index contributed by atoms with van der Waals surface area (Å²) in [6.07, 6.45) is 5.88. The van der Waals surface area contributed by atoms with E-state index in [2.05, 4.69) is 20.8 Å². The molecule has 89 valence electrons. The second kappa shape index (κ2) is 16.4. The monoisotopic (exact) mass is 229 g/mol. The summed E-state index contributed by atoms with van der Waals surface area (Å²) in [6.45, 7) is 6.65. The number of unbranched alkanes of at least 4 members (excludes halogenated alkanes) is 4. The molecule has 1 radical (unpaired) electrons. The van der Waals surface area contributed by atoms with Crippen molar-refractivity contribution in [3.05, 3.63) is 0 Å². The predicted octanol–water partition coefficient (Wildman–Crippen LogP) is 4.00. The lowest BCUT2D eigenvalue weighted by atomic mass is 10.1. The first-order valence-electron chi connectivity index (χ1n) is 6.22. The van der Waals surface area contributed by atoms with E-state index in [1.165, 1.54) is 29.8 Å². The molecule has 1 N–H and O–H groups in total. The fraction of sp³-hybridized carbons (Fsp3) is 0.917. The van der Waals surface area contributed by atoms with Gasteiger partial charge in [0.05, 0.1) is 0 Å². The highest BCUT2D eigenvalue weighted by Gasteiger charge is 1.94. The van der Waals surface area contributed by atoms with Crippen LogP contribution in [0.2, 0.25) is 10.6 Å². The van der Waals surface area contributed by atoms with E-state index in [1.807, 2.05) is 0 Å². The first-order chi connectivity index (χ1) is 7.18. The zero-order valence-corrected chi connectivity index (χ0v) is 11.7. The Morgan fingerprint density at radius 2 is 1.53 bits per heavy atom. The molecule has 0 saturated heterocycles. The number of carboxylic acids is 1. The topological polar surface area (TPSA) is 37.3 Å². The van der Waals surface area contributed by atoms with Crippen LogP contribution < -0.4 is 0 Å². The molecule has 0 aliphatic rings. The normalized spacial score (nSPS) is 9.00. The highest BCUT2D eigenvalue weighted by molar-refractivity contribution is 6.34. The van der Waals surface area contributed by atoms with Crippen LogP contribution in [0.5, 0.6) is 0 Å². The molecule has 0 unspecified atom stereocenters. The Morgan fingerprint density at radius 1 is 1.00 bits per heavy atom. The lowest BCUT2D eigenvalue weighted by molar-refractivity contribution is -0.137. The van der Waals surface area contributed by atoms with Crippen LogP contribution in [-0.2, 0) is 4.79 Å². The molecule has 0 heterocycles. The molecular formula is C12H26AlO2. The zero-order valence-electron chi connectivity index (χ0n) is 10.6. The number of carboxylic acid groups (broad SMARTS) is 1. The maximum Gasteiger partial charge on any atom is 0.303 e. The standard InChI is InChI=1S/C8H16O2.2C2H5.Al/c1-2-3-4-5-6-7-8(9)10;2*1-2;/h2-7H2,1H3,(H,9,10);2*1H2,2H3;. The van der Waals surface area contributed by atoms with Gasteiger partial charge in [0.25, 0.3) is 0 Å². The van der Waals surface area contributed by atoms with Crippen LogP contribution in [0.3, 0.4) is 0 Å². The van der Waals surface area contributed by atoms with Crippen molar-refractivity contribution in [1.82, 2.24) is 0 Å². The number of hydrogen-bond acceptors (Lipinski definition) is 1. The average Bonchev–Trinajstić information content (AvgIpc) is 2.19. The quantitative estimate of drug-likeness (QED) is 0.504. The minimum Gasteiger partial charge on any atom is -0.481 e. The van der Waals surface area contributed by atoms with E-state index in [1.54, 1.807) is 0 Å². The number of aliphatic carboxylic acids is 1. The molecule has 0 saturated carbocycles. The fourth-order valence-electron chi connectivity index (χ4n) is 1.17. The second-order valence-electron chi connectivity index (χ2n) is 3.66. The molecule has 0 aromatic heterocycles. The van der Waals surface area contributed by atoms with Crippen molar-refractivity contribution >= 4 is 21.2 Å². The fourth-order valence-corrected chi connectivity index (χ4v) is 1.75. The maximum absolute atomic E-state index is 10.0. The number of hydrogen-bond donors (Lipinski definition) is 1. The zero-order chi connectivity index (χ0) is 11.9. The van der Waals surface area contributed by atoms with Crippen molar-refractivity contribution in [2.24, 2.45) is 0 Å². The Balaban J connectivity index is 0. The van der Waals surface area contributed by atoms with Gasteiger partial charge in [-0.1, -0.05) is 46.5 Å². The van der Waals surface area contributed by atoms with E-state index in [4.69, 9.17) is 5.11 Å². The first-order valence-corrected chi connectivity index (χ1v) is 7.85. The third kappa shape index (κ3) is 24.9. The third-order valence-corrected chi connectivity index (χ3v) is 3.23. The first kappa shape index (κ1) is 17.4. The van der Waals surface area contributed by atoms with Crippen molar-refractivity contribution in [1.29, 1.82) is 0 Å². The largest absolute Gasteiger partial charge is 0.481 e.